The first kappa shape index (κ1) is 13.3. The second kappa shape index (κ2) is 6.14. The zero-order valence-electron chi connectivity index (χ0n) is 10.8. The third kappa shape index (κ3) is 3.41. The molecular formula is C13H25NO3. The van der Waals surface area contributed by atoms with Gasteiger partial charge in [-0.3, -0.25) is 0 Å². The quantitative estimate of drug-likeness (QED) is 0.812. The molecule has 2 aliphatic rings. The van der Waals surface area contributed by atoms with E-state index in [4.69, 9.17) is 19.9 Å². The molecule has 0 amide bonds. The van der Waals surface area contributed by atoms with Gasteiger partial charge in [-0.15, -0.1) is 0 Å². The van der Waals surface area contributed by atoms with E-state index in [1.54, 1.807) is 7.11 Å². The molecule has 1 aliphatic heterocycles. The van der Waals surface area contributed by atoms with E-state index in [0.29, 0.717) is 18.8 Å². The lowest BCUT2D eigenvalue weighted by Gasteiger charge is -2.41. The summed E-state index contributed by atoms with van der Waals surface area (Å²) >= 11 is 0. The van der Waals surface area contributed by atoms with Crippen molar-refractivity contribution in [1.29, 1.82) is 0 Å². The summed E-state index contributed by atoms with van der Waals surface area (Å²) < 4.78 is 17.2. The van der Waals surface area contributed by atoms with E-state index in [9.17, 15) is 0 Å². The number of rotatable bonds is 4. The van der Waals surface area contributed by atoms with Crippen LogP contribution in [0.15, 0.2) is 0 Å². The summed E-state index contributed by atoms with van der Waals surface area (Å²) in [5, 5.41) is 0. The Balaban J connectivity index is 1.88. The number of ether oxygens (including phenoxy) is 3. The maximum absolute atomic E-state index is 6.32. The van der Waals surface area contributed by atoms with Crippen molar-refractivity contribution in [3.8, 4) is 0 Å². The van der Waals surface area contributed by atoms with E-state index < -0.39 is 0 Å². The van der Waals surface area contributed by atoms with Gasteiger partial charge in [-0.2, -0.15) is 0 Å². The van der Waals surface area contributed by atoms with Gasteiger partial charge in [-0.1, -0.05) is 0 Å². The smallest absolute Gasteiger partial charge is 0.0851 e. The van der Waals surface area contributed by atoms with Crippen molar-refractivity contribution in [2.75, 3.05) is 26.9 Å². The van der Waals surface area contributed by atoms with Gasteiger partial charge in [0, 0.05) is 39.7 Å². The Kier molecular flexibility index (Phi) is 4.79. The van der Waals surface area contributed by atoms with Gasteiger partial charge in [0.1, 0.15) is 0 Å². The largest absolute Gasteiger partial charge is 0.381 e. The standard InChI is InChI=1S/C13H25NO3/c1-15-11-3-2-4-12(9-11)17-13(10-14)5-7-16-8-6-13/h11-12H,2-10,14H2,1H3. The summed E-state index contributed by atoms with van der Waals surface area (Å²) in [7, 11) is 1.79. The van der Waals surface area contributed by atoms with E-state index in [-0.39, 0.29) is 5.60 Å². The first-order valence-electron chi connectivity index (χ1n) is 6.76. The number of nitrogens with two attached hydrogens (primary N) is 1. The average molecular weight is 243 g/mol. The third-order valence-electron chi connectivity index (χ3n) is 4.10. The predicted octanol–water partition coefficient (Wildman–Crippen LogP) is 1.47. The lowest BCUT2D eigenvalue weighted by atomic mass is 9.90. The average Bonchev–Trinajstić information content (AvgIpc) is 2.40. The van der Waals surface area contributed by atoms with Crippen LogP contribution in [0, 0.1) is 0 Å². The van der Waals surface area contributed by atoms with Gasteiger partial charge in [0.2, 0.25) is 0 Å². The molecular weight excluding hydrogens is 218 g/mol. The van der Waals surface area contributed by atoms with Crippen LogP contribution in [-0.2, 0) is 14.2 Å². The van der Waals surface area contributed by atoms with Crippen molar-refractivity contribution in [3.05, 3.63) is 0 Å². The molecule has 2 N–H and O–H groups in total. The highest BCUT2D eigenvalue weighted by Crippen LogP contribution is 2.31. The minimum Gasteiger partial charge on any atom is -0.381 e. The van der Waals surface area contributed by atoms with Crippen molar-refractivity contribution in [1.82, 2.24) is 0 Å². The van der Waals surface area contributed by atoms with Crippen molar-refractivity contribution < 1.29 is 14.2 Å². The van der Waals surface area contributed by atoms with Gasteiger partial charge >= 0.3 is 0 Å². The van der Waals surface area contributed by atoms with Crippen LogP contribution in [0.1, 0.15) is 38.5 Å². The van der Waals surface area contributed by atoms with E-state index in [0.717, 1.165) is 45.3 Å². The van der Waals surface area contributed by atoms with Gasteiger partial charge in [-0.05, 0) is 25.7 Å². The molecule has 2 unspecified atom stereocenters. The summed E-state index contributed by atoms with van der Waals surface area (Å²) in [6, 6.07) is 0. The van der Waals surface area contributed by atoms with Crippen LogP contribution in [0.5, 0.6) is 0 Å². The molecule has 1 saturated heterocycles. The van der Waals surface area contributed by atoms with Crippen LogP contribution in [0.25, 0.3) is 0 Å². The molecule has 2 atom stereocenters. The Morgan fingerprint density at radius 1 is 1.24 bits per heavy atom. The fraction of sp³-hybridized carbons (Fsp3) is 1.00. The Bertz CT molecular complexity index is 229. The predicted molar refractivity (Wildman–Crippen MR) is 66.0 cm³/mol. The molecule has 4 nitrogen and oxygen atoms in total. The third-order valence-corrected chi connectivity index (χ3v) is 4.10. The second-order valence-corrected chi connectivity index (χ2v) is 5.26. The fourth-order valence-corrected chi connectivity index (χ4v) is 2.89. The monoisotopic (exact) mass is 243 g/mol. The summed E-state index contributed by atoms with van der Waals surface area (Å²) in [6.07, 6.45) is 7.05. The molecule has 0 aromatic heterocycles. The fourth-order valence-electron chi connectivity index (χ4n) is 2.89. The van der Waals surface area contributed by atoms with Crippen LogP contribution in [0.3, 0.4) is 0 Å². The van der Waals surface area contributed by atoms with E-state index in [1.165, 1.54) is 6.42 Å². The molecule has 0 aromatic carbocycles. The molecule has 0 bridgehead atoms. The zero-order valence-corrected chi connectivity index (χ0v) is 10.8. The molecule has 0 aromatic rings. The minimum atomic E-state index is -0.140. The van der Waals surface area contributed by atoms with Crippen molar-refractivity contribution in [2.24, 2.45) is 5.73 Å². The minimum absolute atomic E-state index is 0.140. The molecule has 0 radical (unpaired) electrons. The van der Waals surface area contributed by atoms with Crippen molar-refractivity contribution in [3.63, 3.8) is 0 Å². The number of hydrogen-bond donors (Lipinski definition) is 1. The second-order valence-electron chi connectivity index (χ2n) is 5.26. The van der Waals surface area contributed by atoms with Gasteiger partial charge < -0.3 is 19.9 Å². The van der Waals surface area contributed by atoms with Crippen LogP contribution in [0.4, 0.5) is 0 Å². The van der Waals surface area contributed by atoms with E-state index in [2.05, 4.69) is 0 Å². The Labute approximate surface area is 104 Å². The summed E-state index contributed by atoms with van der Waals surface area (Å²) in [6.45, 7) is 2.15. The molecule has 2 rings (SSSR count). The van der Waals surface area contributed by atoms with Crippen LogP contribution in [0.2, 0.25) is 0 Å². The first-order valence-corrected chi connectivity index (χ1v) is 6.76. The van der Waals surface area contributed by atoms with Crippen LogP contribution >= 0.6 is 0 Å². The topological polar surface area (TPSA) is 53.7 Å². The lowest BCUT2D eigenvalue weighted by Crippen LogP contribution is -2.48. The summed E-state index contributed by atoms with van der Waals surface area (Å²) in [5.41, 5.74) is 5.77. The first-order chi connectivity index (χ1) is 8.28. The lowest BCUT2D eigenvalue weighted by molar-refractivity contribution is -0.155. The zero-order chi connectivity index (χ0) is 12.1. The van der Waals surface area contributed by atoms with Gasteiger partial charge in [0.05, 0.1) is 17.8 Å². The summed E-state index contributed by atoms with van der Waals surface area (Å²) in [4.78, 5) is 0. The van der Waals surface area contributed by atoms with Crippen LogP contribution in [-0.4, -0.2) is 44.7 Å². The Morgan fingerprint density at radius 3 is 2.59 bits per heavy atom. The van der Waals surface area contributed by atoms with Crippen molar-refractivity contribution in [2.45, 2.75) is 56.3 Å². The van der Waals surface area contributed by atoms with Gasteiger partial charge in [-0.25, -0.2) is 0 Å². The van der Waals surface area contributed by atoms with E-state index in [1.807, 2.05) is 0 Å². The molecule has 2 fully saturated rings. The normalized spacial score (nSPS) is 33.5. The SMILES string of the molecule is COC1CCCC(OC2(CN)CCOCC2)C1. The molecule has 1 aliphatic carbocycles. The van der Waals surface area contributed by atoms with Gasteiger partial charge in [0.25, 0.3) is 0 Å². The molecule has 4 heteroatoms. The molecule has 1 saturated carbocycles. The van der Waals surface area contributed by atoms with Gasteiger partial charge in [0.15, 0.2) is 0 Å². The molecule has 17 heavy (non-hydrogen) atoms. The molecule has 1 heterocycles. The number of hydrogen-bond acceptors (Lipinski definition) is 4. The molecule has 0 spiro atoms. The van der Waals surface area contributed by atoms with Crippen molar-refractivity contribution >= 4 is 0 Å². The maximum atomic E-state index is 6.32. The maximum Gasteiger partial charge on any atom is 0.0851 e. The Hall–Kier alpha value is -0.160. The highest BCUT2D eigenvalue weighted by molar-refractivity contribution is 4.87. The van der Waals surface area contributed by atoms with Crippen LogP contribution < -0.4 is 5.73 Å². The highest BCUT2D eigenvalue weighted by Gasteiger charge is 2.36. The van der Waals surface area contributed by atoms with E-state index >= 15 is 0 Å². The summed E-state index contributed by atoms with van der Waals surface area (Å²) in [5.74, 6) is 0. The Morgan fingerprint density at radius 2 is 1.94 bits per heavy atom. The number of methoxy groups -OCH3 is 1. The highest BCUT2D eigenvalue weighted by atomic mass is 16.5. The molecule has 100 valence electrons.